The summed E-state index contributed by atoms with van der Waals surface area (Å²) in [6.45, 7) is 3.86. The minimum atomic E-state index is -1.09. The molecule has 2 aromatic rings. The molecule has 9 nitrogen and oxygen atoms in total. The predicted molar refractivity (Wildman–Crippen MR) is 146 cm³/mol. The highest BCUT2D eigenvalue weighted by Crippen LogP contribution is 2.47. The third-order valence-corrected chi connectivity index (χ3v) is 7.23. The van der Waals surface area contributed by atoms with Crippen LogP contribution in [-0.2, 0) is 16.0 Å². The van der Waals surface area contributed by atoms with Crippen LogP contribution in [0.25, 0.3) is 0 Å². The van der Waals surface area contributed by atoms with Gasteiger partial charge in [0.05, 0.1) is 32.8 Å². The van der Waals surface area contributed by atoms with Gasteiger partial charge < -0.3 is 34.6 Å². The zero-order chi connectivity index (χ0) is 27.9. The SMILES string of the molecule is C=CCCC(=O)N(CCc1cc(OC)ccc1OC)C1C=C(C(=O)NCCO)C2c3ccccc3OC2C1O. The van der Waals surface area contributed by atoms with Crippen molar-refractivity contribution in [3.8, 4) is 17.2 Å². The molecule has 39 heavy (non-hydrogen) atoms. The van der Waals surface area contributed by atoms with E-state index in [1.807, 2.05) is 30.3 Å². The summed E-state index contributed by atoms with van der Waals surface area (Å²) in [5.74, 6) is 0.863. The Morgan fingerprint density at radius 1 is 1.18 bits per heavy atom. The van der Waals surface area contributed by atoms with Crippen molar-refractivity contribution >= 4 is 11.8 Å². The van der Waals surface area contributed by atoms with Gasteiger partial charge in [-0.25, -0.2) is 0 Å². The van der Waals surface area contributed by atoms with E-state index < -0.39 is 24.2 Å². The normalized spacial score (nSPS) is 21.1. The lowest BCUT2D eigenvalue weighted by molar-refractivity contribution is -0.137. The van der Waals surface area contributed by atoms with Gasteiger partial charge in [-0.05, 0) is 48.7 Å². The van der Waals surface area contributed by atoms with E-state index in [2.05, 4.69) is 11.9 Å². The molecule has 1 heterocycles. The molecule has 4 atom stereocenters. The predicted octanol–water partition coefficient (Wildman–Crippen LogP) is 2.36. The number of fused-ring (bicyclic) bond motifs is 3. The fraction of sp³-hybridized carbons (Fsp3) is 0.400. The molecule has 4 rings (SSSR count). The smallest absolute Gasteiger partial charge is 0.247 e. The molecule has 2 aromatic carbocycles. The Bertz CT molecular complexity index is 1230. The minimum Gasteiger partial charge on any atom is -0.497 e. The molecule has 2 aliphatic rings. The molecule has 9 heteroatoms. The number of methoxy groups -OCH3 is 2. The topological polar surface area (TPSA) is 118 Å². The van der Waals surface area contributed by atoms with Gasteiger partial charge in [-0.15, -0.1) is 6.58 Å². The third-order valence-electron chi connectivity index (χ3n) is 7.23. The number of para-hydroxylation sites is 1. The summed E-state index contributed by atoms with van der Waals surface area (Å²) in [4.78, 5) is 28.4. The second kappa shape index (κ2) is 12.8. The van der Waals surface area contributed by atoms with Gasteiger partial charge in [0.2, 0.25) is 11.8 Å². The van der Waals surface area contributed by atoms with Crippen molar-refractivity contribution in [1.29, 1.82) is 0 Å². The lowest BCUT2D eigenvalue weighted by Crippen LogP contribution is -2.56. The highest BCUT2D eigenvalue weighted by atomic mass is 16.5. The summed E-state index contributed by atoms with van der Waals surface area (Å²) in [6.07, 6.45) is 2.62. The fourth-order valence-electron chi connectivity index (χ4n) is 5.32. The summed E-state index contributed by atoms with van der Waals surface area (Å²) in [5, 5.41) is 23.6. The lowest BCUT2D eigenvalue weighted by Gasteiger charge is -2.41. The Labute approximate surface area is 228 Å². The number of aliphatic hydroxyl groups excluding tert-OH is 2. The first-order valence-corrected chi connectivity index (χ1v) is 13.1. The summed E-state index contributed by atoms with van der Waals surface area (Å²) in [5.41, 5.74) is 2.04. The molecule has 4 unspecified atom stereocenters. The molecule has 1 aliphatic carbocycles. The zero-order valence-corrected chi connectivity index (χ0v) is 22.3. The van der Waals surface area contributed by atoms with Gasteiger partial charge in [0.1, 0.15) is 29.5 Å². The van der Waals surface area contributed by atoms with Crippen LogP contribution in [0.2, 0.25) is 0 Å². The van der Waals surface area contributed by atoms with E-state index in [4.69, 9.17) is 14.2 Å². The van der Waals surface area contributed by atoms with Crippen molar-refractivity contribution < 1.29 is 34.0 Å². The summed E-state index contributed by atoms with van der Waals surface area (Å²) >= 11 is 0. The van der Waals surface area contributed by atoms with E-state index in [0.717, 1.165) is 11.1 Å². The largest absolute Gasteiger partial charge is 0.497 e. The molecule has 0 radical (unpaired) electrons. The monoisotopic (exact) mass is 536 g/mol. The summed E-state index contributed by atoms with van der Waals surface area (Å²) < 4.78 is 17.1. The molecule has 0 fully saturated rings. The highest BCUT2D eigenvalue weighted by Gasteiger charge is 2.50. The number of carbonyl (C=O) groups excluding carboxylic acids is 2. The molecular formula is C30H36N2O7. The molecule has 2 amide bonds. The lowest BCUT2D eigenvalue weighted by atomic mass is 9.77. The first-order valence-electron chi connectivity index (χ1n) is 13.1. The highest BCUT2D eigenvalue weighted by molar-refractivity contribution is 5.96. The molecule has 0 saturated carbocycles. The molecule has 0 spiro atoms. The Balaban J connectivity index is 1.71. The molecule has 1 aliphatic heterocycles. The molecular weight excluding hydrogens is 500 g/mol. The number of ether oxygens (including phenoxy) is 3. The van der Waals surface area contributed by atoms with Crippen LogP contribution in [0.1, 0.15) is 29.9 Å². The molecule has 3 N–H and O–H groups in total. The number of carbonyl (C=O) groups is 2. The number of amides is 2. The average Bonchev–Trinajstić information content (AvgIpc) is 3.36. The molecule has 0 bridgehead atoms. The Morgan fingerprint density at radius 2 is 1.97 bits per heavy atom. The van der Waals surface area contributed by atoms with Crippen molar-refractivity contribution in [2.24, 2.45) is 0 Å². The van der Waals surface area contributed by atoms with Gasteiger partial charge in [-0.1, -0.05) is 24.3 Å². The number of hydrogen-bond acceptors (Lipinski definition) is 7. The van der Waals surface area contributed by atoms with Gasteiger partial charge in [0, 0.05) is 30.6 Å². The zero-order valence-electron chi connectivity index (χ0n) is 22.3. The maximum absolute atomic E-state index is 13.5. The number of rotatable bonds is 12. The van der Waals surface area contributed by atoms with E-state index in [1.165, 1.54) is 0 Å². The first kappa shape index (κ1) is 28.2. The van der Waals surface area contributed by atoms with Crippen molar-refractivity contribution in [1.82, 2.24) is 10.2 Å². The van der Waals surface area contributed by atoms with E-state index in [-0.39, 0.29) is 37.9 Å². The number of benzene rings is 2. The third kappa shape index (κ3) is 5.94. The van der Waals surface area contributed by atoms with Crippen LogP contribution in [0.3, 0.4) is 0 Å². The van der Waals surface area contributed by atoms with Crippen LogP contribution in [0.15, 0.2) is 66.8 Å². The van der Waals surface area contributed by atoms with Gasteiger partial charge in [0.15, 0.2) is 0 Å². The Kier molecular flexibility index (Phi) is 9.27. The van der Waals surface area contributed by atoms with Crippen LogP contribution in [0.4, 0.5) is 0 Å². The number of nitrogens with one attached hydrogen (secondary N) is 1. The van der Waals surface area contributed by atoms with Gasteiger partial charge in [-0.3, -0.25) is 9.59 Å². The summed E-state index contributed by atoms with van der Waals surface area (Å²) in [7, 11) is 3.16. The molecule has 0 saturated heterocycles. The fourth-order valence-corrected chi connectivity index (χ4v) is 5.32. The van der Waals surface area contributed by atoms with Gasteiger partial charge in [0.25, 0.3) is 0 Å². The van der Waals surface area contributed by atoms with Crippen molar-refractivity contribution in [3.05, 3.63) is 77.9 Å². The first-order chi connectivity index (χ1) is 18.9. The Hall–Kier alpha value is -3.82. The number of allylic oxidation sites excluding steroid dienone is 1. The van der Waals surface area contributed by atoms with Crippen LogP contribution in [0.5, 0.6) is 17.2 Å². The van der Waals surface area contributed by atoms with Crippen LogP contribution in [-0.4, -0.2) is 79.1 Å². The molecule has 208 valence electrons. The quantitative estimate of drug-likeness (QED) is 0.357. The summed E-state index contributed by atoms with van der Waals surface area (Å²) in [6, 6.07) is 12.0. The maximum atomic E-state index is 13.5. The maximum Gasteiger partial charge on any atom is 0.247 e. The average molecular weight is 537 g/mol. The van der Waals surface area contributed by atoms with Gasteiger partial charge in [-0.2, -0.15) is 0 Å². The number of nitrogens with zero attached hydrogens (tertiary/aromatic N) is 1. The van der Waals surface area contributed by atoms with Crippen molar-refractivity contribution in [3.63, 3.8) is 0 Å². The second-order valence-electron chi connectivity index (χ2n) is 9.52. The standard InChI is InChI=1S/C30H36N2O7/c1-4-5-10-26(34)32(15-13-19-17-20(37-2)11-12-24(19)38-3)23-18-22(30(36)31-14-16-33)27-21-8-6-7-9-25(21)39-29(27)28(23)35/h4,6-9,11-12,17-18,23,27-29,33,35H,1,5,10,13-16H2,2-3H3,(H,31,36). The minimum absolute atomic E-state index is 0.0842. The van der Waals surface area contributed by atoms with Gasteiger partial charge >= 0.3 is 0 Å². The van der Waals surface area contributed by atoms with E-state index in [1.54, 1.807) is 43.4 Å². The van der Waals surface area contributed by atoms with Crippen LogP contribution in [0, 0.1) is 0 Å². The van der Waals surface area contributed by atoms with Crippen LogP contribution < -0.4 is 19.5 Å². The second-order valence-corrected chi connectivity index (χ2v) is 9.52. The van der Waals surface area contributed by atoms with Crippen molar-refractivity contribution in [2.75, 3.05) is 33.9 Å². The van der Waals surface area contributed by atoms with Crippen LogP contribution >= 0.6 is 0 Å². The Morgan fingerprint density at radius 3 is 2.69 bits per heavy atom. The van der Waals surface area contributed by atoms with E-state index in [9.17, 15) is 19.8 Å². The van der Waals surface area contributed by atoms with E-state index in [0.29, 0.717) is 35.7 Å². The molecule has 0 aromatic heterocycles. The van der Waals surface area contributed by atoms with Crippen molar-refractivity contribution in [2.45, 2.75) is 43.4 Å². The number of hydrogen-bond donors (Lipinski definition) is 3. The van der Waals surface area contributed by atoms with E-state index >= 15 is 0 Å². The number of aliphatic hydroxyl groups is 2.